The Morgan fingerprint density at radius 1 is 1.10 bits per heavy atom. The monoisotopic (exact) mass is 389 g/mol. The molecular weight excluding hydrogens is 370 g/mol. The van der Waals surface area contributed by atoms with Gasteiger partial charge in [0.05, 0.1) is 11.1 Å². The number of non-ortho nitro benzene ring substituents is 1. The van der Waals surface area contributed by atoms with Crippen LogP contribution in [0.5, 0.6) is 5.75 Å². The summed E-state index contributed by atoms with van der Waals surface area (Å²) in [5.41, 5.74) is 5.67. The molecule has 0 atom stereocenters. The summed E-state index contributed by atoms with van der Waals surface area (Å²) in [6, 6.07) is 20.7. The summed E-state index contributed by atoms with van der Waals surface area (Å²) in [5, 5.41) is 14.7. The standard InChI is InChI=1S/C22H19N3O4/c1-16-4-2-6-19(12-16)22(26)24-23-14-18-5-3-7-21(13-18)29-15-17-8-10-20(11-9-17)25(27)28/h2-14H,15H2,1H3,(H,24,26)/b23-14-. The number of nitrogens with one attached hydrogen (secondary N) is 1. The van der Waals surface area contributed by atoms with Gasteiger partial charge >= 0.3 is 0 Å². The van der Waals surface area contributed by atoms with E-state index in [2.05, 4.69) is 10.5 Å². The van der Waals surface area contributed by atoms with Gasteiger partial charge < -0.3 is 4.74 Å². The molecule has 0 fully saturated rings. The van der Waals surface area contributed by atoms with Gasteiger partial charge in [0.1, 0.15) is 12.4 Å². The summed E-state index contributed by atoms with van der Waals surface area (Å²) in [4.78, 5) is 22.3. The largest absolute Gasteiger partial charge is 0.489 e. The SMILES string of the molecule is Cc1cccc(C(=O)N/N=C\c2cccc(OCc3ccc([N+](=O)[O-])cc3)c2)c1. The van der Waals surface area contributed by atoms with Crippen molar-refractivity contribution in [2.45, 2.75) is 13.5 Å². The summed E-state index contributed by atoms with van der Waals surface area (Å²) < 4.78 is 5.72. The average Bonchev–Trinajstić information content (AvgIpc) is 2.73. The predicted molar refractivity (Wildman–Crippen MR) is 110 cm³/mol. The molecule has 0 unspecified atom stereocenters. The molecule has 3 rings (SSSR count). The number of carbonyl (C=O) groups excluding carboxylic acids is 1. The van der Waals surface area contributed by atoms with Gasteiger partial charge in [0.25, 0.3) is 11.6 Å². The fourth-order valence-corrected chi connectivity index (χ4v) is 2.58. The highest BCUT2D eigenvalue weighted by molar-refractivity contribution is 5.95. The first-order valence-corrected chi connectivity index (χ1v) is 8.87. The maximum atomic E-state index is 12.1. The molecule has 0 aromatic heterocycles. The highest BCUT2D eigenvalue weighted by Crippen LogP contribution is 2.16. The molecule has 0 heterocycles. The van der Waals surface area contributed by atoms with Crippen molar-refractivity contribution in [1.82, 2.24) is 5.43 Å². The molecule has 29 heavy (non-hydrogen) atoms. The molecule has 0 aliphatic rings. The Morgan fingerprint density at radius 3 is 2.59 bits per heavy atom. The zero-order valence-corrected chi connectivity index (χ0v) is 15.7. The van der Waals surface area contributed by atoms with Crippen LogP contribution in [0.3, 0.4) is 0 Å². The van der Waals surface area contributed by atoms with Crippen LogP contribution in [0.2, 0.25) is 0 Å². The quantitative estimate of drug-likeness (QED) is 0.371. The molecule has 0 aliphatic heterocycles. The van der Waals surface area contributed by atoms with Crippen LogP contribution in [-0.4, -0.2) is 17.0 Å². The lowest BCUT2D eigenvalue weighted by Crippen LogP contribution is -2.17. The molecule has 7 heteroatoms. The van der Waals surface area contributed by atoms with Crippen molar-refractivity contribution in [3.8, 4) is 5.75 Å². The van der Waals surface area contributed by atoms with Gasteiger partial charge in [-0.25, -0.2) is 5.43 Å². The molecule has 3 aromatic carbocycles. The molecule has 1 amide bonds. The lowest BCUT2D eigenvalue weighted by Gasteiger charge is -2.07. The summed E-state index contributed by atoms with van der Waals surface area (Å²) in [6.07, 6.45) is 1.53. The summed E-state index contributed by atoms with van der Waals surface area (Å²) >= 11 is 0. The molecule has 0 aliphatic carbocycles. The molecule has 146 valence electrons. The molecular formula is C22H19N3O4. The van der Waals surface area contributed by atoms with Gasteiger partial charge in [-0.1, -0.05) is 29.8 Å². The maximum Gasteiger partial charge on any atom is 0.271 e. The fraction of sp³-hybridized carbons (Fsp3) is 0.0909. The third-order valence-corrected chi connectivity index (χ3v) is 4.07. The first-order valence-electron chi connectivity index (χ1n) is 8.87. The van der Waals surface area contributed by atoms with Crippen molar-refractivity contribution >= 4 is 17.8 Å². The molecule has 0 spiro atoms. The minimum atomic E-state index is -0.439. The van der Waals surface area contributed by atoms with Gasteiger partial charge in [0.2, 0.25) is 0 Å². The number of aryl methyl sites for hydroxylation is 1. The first-order chi connectivity index (χ1) is 14.0. The van der Waals surface area contributed by atoms with Gasteiger partial charge in [0.15, 0.2) is 0 Å². The smallest absolute Gasteiger partial charge is 0.271 e. The Bertz CT molecular complexity index is 1050. The van der Waals surface area contributed by atoms with Gasteiger partial charge in [-0.15, -0.1) is 0 Å². The number of benzene rings is 3. The highest BCUT2D eigenvalue weighted by atomic mass is 16.6. The van der Waals surface area contributed by atoms with Crippen molar-refractivity contribution < 1.29 is 14.5 Å². The van der Waals surface area contributed by atoms with E-state index in [4.69, 9.17) is 4.74 Å². The number of nitro groups is 1. The highest BCUT2D eigenvalue weighted by Gasteiger charge is 2.05. The third kappa shape index (κ3) is 5.74. The zero-order chi connectivity index (χ0) is 20.6. The lowest BCUT2D eigenvalue weighted by atomic mass is 10.1. The summed E-state index contributed by atoms with van der Waals surface area (Å²) in [6.45, 7) is 2.20. The van der Waals surface area contributed by atoms with Crippen LogP contribution in [0, 0.1) is 17.0 Å². The molecule has 1 N–H and O–H groups in total. The maximum absolute atomic E-state index is 12.1. The second-order valence-corrected chi connectivity index (χ2v) is 6.35. The number of hydrogen-bond acceptors (Lipinski definition) is 5. The van der Waals surface area contributed by atoms with E-state index in [9.17, 15) is 14.9 Å². The van der Waals surface area contributed by atoms with Gasteiger partial charge in [0, 0.05) is 17.7 Å². The topological polar surface area (TPSA) is 93.8 Å². The Morgan fingerprint density at radius 2 is 1.86 bits per heavy atom. The zero-order valence-electron chi connectivity index (χ0n) is 15.7. The van der Waals surface area contributed by atoms with Crippen LogP contribution in [0.25, 0.3) is 0 Å². The number of carbonyl (C=O) groups is 1. The number of rotatable bonds is 7. The average molecular weight is 389 g/mol. The van der Waals surface area contributed by atoms with Crippen LogP contribution in [0.1, 0.15) is 27.0 Å². The van der Waals surface area contributed by atoms with Gasteiger partial charge in [-0.3, -0.25) is 14.9 Å². The van der Waals surface area contributed by atoms with E-state index < -0.39 is 4.92 Å². The van der Waals surface area contributed by atoms with Crippen LogP contribution >= 0.6 is 0 Å². The van der Waals surface area contributed by atoms with E-state index in [1.807, 2.05) is 31.2 Å². The Hall–Kier alpha value is -4.00. The molecule has 0 saturated carbocycles. The Labute approximate surface area is 167 Å². The van der Waals surface area contributed by atoms with E-state index in [0.29, 0.717) is 11.3 Å². The Balaban J connectivity index is 1.56. The normalized spacial score (nSPS) is 10.7. The number of amides is 1. The van der Waals surface area contributed by atoms with Crippen LogP contribution in [0.4, 0.5) is 5.69 Å². The van der Waals surface area contributed by atoms with Crippen molar-refractivity contribution in [2.75, 3.05) is 0 Å². The molecule has 7 nitrogen and oxygen atoms in total. The minimum absolute atomic E-state index is 0.0414. The van der Waals surface area contributed by atoms with Crippen LogP contribution in [0.15, 0.2) is 77.9 Å². The predicted octanol–water partition coefficient (Wildman–Crippen LogP) is 4.25. The van der Waals surface area contributed by atoms with E-state index in [1.165, 1.54) is 18.3 Å². The second kappa shape index (κ2) is 9.27. The number of nitrogens with zero attached hydrogens (tertiary/aromatic N) is 2. The number of ether oxygens (including phenoxy) is 1. The van der Waals surface area contributed by atoms with Crippen molar-refractivity contribution in [1.29, 1.82) is 0 Å². The van der Waals surface area contributed by atoms with E-state index >= 15 is 0 Å². The molecule has 0 bridgehead atoms. The number of hydrazone groups is 1. The van der Waals surface area contributed by atoms with Gasteiger partial charge in [-0.2, -0.15) is 5.10 Å². The lowest BCUT2D eigenvalue weighted by molar-refractivity contribution is -0.384. The van der Waals surface area contributed by atoms with Crippen molar-refractivity contribution in [3.63, 3.8) is 0 Å². The molecule has 0 radical (unpaired) electrons. The Kier molecular flexibility index (Phi) is 6.32. The number of hydrogen-bond donors (Lipinski definition) is 1. The van der Waals surface area contributed by atoms with Crippen LogP contribution in [-0.2, 0) is 6.61 Å². The van der Waals surface area contributed by atoms with Crippen molar-refractivity contribution in [2.24, 2.45) is 5.10 Å². The number of nitro benzene ring substituents is 1. The van der Waals surface area contributed by atoms with Crippen LogP contribution < -0.4 is 10.2 Å². The summed E-state index contributed by atoms with van der Waals surface area (Å²) in [5.74, 6) is 0.341. The van der Waals surface area contributed by atoms with Crippen molar-refractivity contribution in [3.05, 3.63) is 105 Å². The second-order valence-electron chi connectivity index (χ2n) is 6.35. The fourth-order valence-electron chi connectivity index (χ4n) is 2.58. The van der Waals surface area contributed by atoms with E-state index in [0.717, 1.165) is 16.7 Å². The first kappa shape index (κ1) is 19.8. The minimum Gasteiger partial charge on any atom is -0.489 e. The van der Waals surface area contributed by atoms with E-state index in [-0.39, 0.29) is 18.2 Å². The molecule has 0 saturated heterocycles. The summed E-state index contributed by atoms with van der Waals surface area (Å²) in [7, 11) is 0. The van der Waals surface area contributed by atoms with E-state index in [1.54, 1.807) is 36.4 Å². The third-order valence-electron chi connectivity index (χ3n) is 4.07. The molecule has 3 aromatic rings. The van der Waals surface area contributed by atoms with Gasteiger partial charge in [-0.05, 0) is 54.4 Å².